The van der Waals surface area contributed by atoms with Gasteiger partial charge in [0.05, 0.1) is 46.8 Å². The molecule has 0 saturated heterocycles. The lowest BCUT2D eigenvalue weighted by atomic mass is 10.2. The summed E-state index contributed by atoms with van der Waals surface area (Å²) in [5.74, 6) is 0.390. The van der Waals surface area contributed by atoms with E-state index in [1.807, 2.05) is 78.9 Å². The van der Waals surface area contributed by atoms with Gasteiger partial charge in [-0.2, -0.15) is 5.10 Å². The quantitative estimate of drug-likeness (QED) is 0.469. The first-order valence-corrected chi connectivity index (χ1v) is 10.6. The molecule has 0 saturated carbocycles. The number of carbonyl (C=O) groups excluding carboxylic acids is 1. The Kier molecular flexibility index (Phi) is 6.13. The lowest BCUT2D eigenvalue weighted by Gasteiger charge is -2.19. The number of rotatable bonds is 7. The molecule has 0 bridgehead atoms. The zero-order valence-corrected chi connectivity index (χ0v) is 18.4. The van der Waals surface area contributed by atoms with Gasteiger partial charge in [0.15, 0.2) is 0 Å². The van der Waals surface area contributed by atoms with E-state index >= 15 is 0 Å². The van der Waals surface area contributed by atoms with E-state index in [-0.39, 0.29) is 18.0 Å². The molecule has 4 rings (SSSR count). The molecule has 0 fully saturated rings. The molecule has 0 aliphatic carbocycles. The Morgan fingerprint density at radius 2 is 1.81 bits per heavy atom. The topological polar surface area (TPSA) is 95.9 Å². The Bertz CT molecular complexity index is 1310. The number of amides is 1. The fraction of sp³-hybridized carbons (Fsp3) is 0.250. The number of fused-ring (bicyclic) bond motifs is 1. The third kappa shape index (κ3) is 4.45. The Morgan fingerprint density at radius 1 is 1.09 bits per heavy atom. The predicted molar refractivity (Wildman–Crippen MR) is 125 cm³/mol. The summed E-state index contributed by atoms with van der Waals surface area (Å²) in [6, 6.07) is 17.0. The number of anilines is 1. The summed E-state index contributed by atoms with van der Waals surface area (Å²) in [6.45, 7) is 6.95. The summed E-state index contributed by atoms with van der Waals surface area (Å²) in [4.78, 5) is 34.4. The summed E-state index contributed by atoms with van der Waals surface area (Å²) >= 11 is 0. The number of H-pyrrole nitrogens is 1. The van der Waals surface area contributed by atoms with Crippen molar-refractivity contribution in [2.24, 2.45) is 0 Å². The zero-order valence-electron chi connectivity index (χ0n) is 18.4. The molecule has 2 N–H and O–H groups in total. The normalized spacial score (nSPS) is 11.2. The van der Waals surface area contributed by atoms with Gasteiger partial charge in [0.2, 0.25) is 5.91 Å². The number of hydrogen-bond donors (Lipinski definition) is 2. The van der Waals surface area contributed by atoms with Crippen molar-refractivity contribution in [1.82, 2.24) is 24.6 Å². The van der Waals surface area contributed by atoms with Crippen LogP contribution in [0.25, 0.3) is 16.6 Å². The molecular weight excluding hydrogens is 404 g/mol. The van der Waals surface area contributed by atoms with Crippen LogP contribution in [0.2, 0.25) is 0 Å². The van der Waals surface area contributed by atoms with Crippen LogP contribution >= 0.6 is 0 Å². The van der Waals surface area contributed by atoms with Gasteiger partial charge in [0, 0.05) is 0 Å². The Hall–Kier alpha value is -3.78. The molecule has 0 radical (unpaired) electrons. The van der Waals surface area contributed by atoms with Crippen LogP contribution in [0.4, 0.5) is 5.69 Å². The number of para-hydroxylation sites is 2. The fourth-order valence-electron chi connectivity index (χ4n) is 3.73. The minimum absolute atomic E-state index is 0.145. The average Bonchev–Trinajstić information content (AvgIpc) is 3.07. The Morgan fingerprint density at radius 3 is 2.56 bits per heavy atom. The molecule has 2 heterocycles. The first-order valence-electron chi connectivity index (χ1n) is 10.6. The number of aromatic nitrogens is 4. The van der Waals surface area contributed by atoms with E-state index in [9.17, 15) is 9.59 Å². The van der Waals surface area contributed by atoms with Gasteiger partial charge in [0.1, 0.15) is 5.82 Å². The third-order valence-electron chi connectivity index (χ3n) is 5.41. The number of aromatic amines is 1. The highest BCUT2D eigenvalue weighted by Gasteiger charge is 2.17. The van der Waals surface area contributed by atoms with Crippen molar-refractivity contribution >= 4 is 22.5 Å². The highest BCUT2D eigenvalue weighted by molar-refractivity contribution is 5.93. The maximum Gasteiger partial charge on any atom is 0.258 e. The molecule has 8 heteroatoms. The Balaban J connectivity index is 1.48. The van der Waals surface area contributed by atoms with Gasteiger partial charge in [-0.05, 0) is 44.7 Å². The fourth-order valence-corrected chi connectivity index (χ4v) is 3.73. The van der Waals surface area contributed by atoms with Crippen molar-refractivity contribution in [1.29, 1.82) is 0 Å². The first kappa shape index (κ1) is 21.5. The maximum atomic E-state index is 12.8. The highest BCUT2D eigenvalue weighted by Crippen LogP contribution is 2.22. The lowest BCUT2D eigenvalue weighted by Crippen LogP contribution is -2.34. The highest BCUT2D eigenvalue weighted by atomic mass is 16.2. The van der Waals surface area contributed by atoms with Gasteiger partial charge in [0.25, 0.3) is 5.56 Å². The molecule has 4 aromatic rings. The van der Waals surface area contributed by atoms with Gasteiger partial charge < -0.3 is 10.3 Å². The second kappa shape index (κ2) is 9.15. The first-order chi connectivity index (χ1) is 15.5. The van der Waals surface area contributed by atoms with E-state index in [1.165, 1.54) is 0 Å². The van der Waals surface area contributed by atoms with Gasteiger partial charge in [-0.1, -0.05) is 37.3 Å². The summed E-state index contributed by atoms with van der Waals surface area (Å²) in [5.41, 5.74) is 3.74. The molecule has 0 aliphatic heterocycles. The number of hydrogen-bond acceptors (Lipinski definition) is 5. The molecule has 0 unspecified atom stereocenters. The number of aryl methyl sites for hydroxylation is 1. The van der Waals surface area contributed by atoms with E-state index in [4.69, 9.17) is 0 Å². The van der Waals surface area contributed by atoms with Crippen molar-refractivity contribution in [3.8, 4) is 5.69 Å². The van der Waals surface area contributed by atoms with Crippen molar-refractivity contribution < 1.29 is 4.79 Å². The van der Waals surface area contributed by atoms with Gasteiger partial charge >= 0.3 is 0 Å². The van der Waals surface area contributed by atoms with E-state index in [1.54, 1.807) is 6.07 Å². The minimum atomic E-state index is -0.175. The zero-order chi connectivity index (χ0) is 22.7. The monoisotopic (exact) mass is 430 g/mol. The van der Waals surface area contributed by atoms with Crippen molar-refractivity contribution in [3.05, 3.63) is 82.2 Å². The second-order valence-corrected chi connectivity index (χ2v) is 7.67. The second-order valence-electron chi connectivity index (χ2n) is 7.67. The van der Waals surface area contributed by atoms with E-state index in [0.29, 0.717) is 35.5 Å². The SMILES string of the molecule is CCN(CC(=O)Nc1c(C)nn(-c2ccccc2)c1C)Cc1nc2ccccc2c(=O)[nH]1. The van der Waals surface area contributed by atoms with Crippen LogP contribution in [0.15, 0.2) is 59.4 Å². The summed E-state index contributed by atoms with van der Waals surface area (Å²) in [7, 11) is 0. The molecule has 2 aromatic carbocycles. The van der Waals surface area contributed by atoms with Crippen molar-refractivity contribution in [2.45, 2.75) is 27.3 Å². The molecule has 1 amide bonds. The number of likely N-dealkylation sites (N-methyl/N-ethyl adjacent to an activating group) is 1. The van der Waals surface area contributed by atoms with Gasteiger partial charge in [-0.25, -0.2) is 9.67 Å². The Labute approximate surface area is 185 Å². The maximum absolute atomic E-state index is 12.8. The van der Waals surface area contributed by atoms with Crippen LogP contribution in [-0.4, -0.2) is 43.6 Å². The number of benzene rings is 2. The number of nitrogens with one attached hydrogen (secondary N) is 2. The van der Waals surface area contributed by atoms with E-state index < -0.39 is 0 Å². The standard InChI is InChI=1S/C24H26N6O2/c1-4-29(14-21-25-20-13-9-8-12-19(20)24(32)26-21)15-22(31)27-23-16(2)28-30(17(23)3)18-10-6-5-7-11-18/h5-13H,4,14-15H2,1-3H3,(H,27,31)(H,25,26,32). The van der Waals surface area contributed by atoms with Crippen LogP contribution in [0.1, 0.15) is 24.1 Å². The molecule has 164 valence electrons. The molecule has 0 aliphatic rings. The average molecular weight is 431 g/mol. The number of nitrogens with zero attached hydrogens (tertiary/aromatic N) is 4. The molecule has 2 aromatic heterocycles. The summed E-state index contributed by atoms with van der Waals surface area (Å²) < 4.78 is 1.83. The van der Waals surface area contributed by atoms with Crippen LogP contribution < -0.4 is 10.9 Å². The van der Waals surface area contributed by atoms with Crippen LogP contribution in [-0.2, 0) is 11.3 Å². The predicted octanol–water partition coefficient (Wildman–Crippen LogP) is 3.19. The number of carbonyl (C=O) groups is 1. The van der Waals surface area contributed by atoms with Gasteiger partial charge in [-0.3, -0.25) is 14.5 Å². The summed E-state index contributed by atoms with van der Waals surface area (Å²) in [6.07, 6.45) is 0. The third-order valence-corrected chi connectivity index (χ3v) is 5.41. The molecule has 0 atom stereocenters. The smallest absolute Gasteiger partial charge is 0.258 e. The van der Waals surface area contributed by atoms with E-state index in [0.717, 1.165) is 17.1 Å². The van der Waals surface area contributed by atoms with Gasteiger partial charge in [-0.15, -0.1) is 0 Å². The van der Waals surface area contributed by atoms with Crippen molar-refractivity contribution in [2.75, 3.05) is 18.4 Å². The van der Waals surface area contributed by atoms with Crippen LogP contribution in [0.5, 0.6) is 0 Å². The van der Waals surface area contributed by atoms with E-state index in [2.05, 4.69) is 20.4 Å². The molecular formula is C24H26N6O2. The lowest BCUT2D eigenvalue weighted by molar-refractivity contribution is -0.117. The molecule has 0 spiro atoms. The van der Waals surface area contributed by atoms with Crippen molar-refractivity contribution in [3.63, 3.8) is 0 Å². The minimum Gasteiger partial charge on any atom is -0.322 e. The van der Waals surface area contributed by atoms with Crippen LogP contribution in [0.3, 0.4) is 0 Å². The molecule has 32 heavy (non-hydrogen) atoms. The largest absolute Gasteiger partial charge is 0.322 e. The molecule has 8 nitrogen and oxygen atoms in total. The van der Waals surface area contributed by atoms with Crippen LogP contribution in [0, 0.1) is 13.8 Å². The summed E-state index contributed by atoms with van der Waals surface area (Å²) in [5, 5.41) is 8.14.